The van der Waals surface area contributed by atoms with Crippen LogP contribution in [0, 0.1) is 0 Å². The van der Waals surface area contributed by atoms with E-state index in [1.54, 1.807) is 10.9 Å². The van der Waals surface area contributed by atoms with Crippen molar-refractivity contribution < 1.29 is 9.90 Å². The molecule has 0 aliphatic heterocycles. The number of nitrogens with zero attached hydrogens (tertiary/aromatic N) is 2. The van der Waals surface area contributed by atoms with Gasteiger partial charge in [-0.1, -0.05) is 0 Å². The molecular weight excluding hydrogens is 188 g/mol. The first kappa shape index (κ1) is 9.98. The Hall–Kier alpha value is -1.10. The van der Waals surface area contributed by atoms with Crippen LogP contribution < -0.4 is 4.90 Å². The van der Waals surface area contributed by atoms with E-state index < -0.39 is 11.6 Å². The summed E-state index contributed by atoms with van der Waals surface area (Å²) >= 11 is 1.39. The first-order chi connectivity index (χ1) is 5.93. The summed E-state index contributed by atoms with van der Waals surface area (Å²) in [7, 11) is 0. The predicted molar refractivity (Wildman–Crippen MR) is 52.4 cm³/mol. The molecule has 0 aromatic carbocycles. The van der Waals surface area contributed by atoms with Gasteiger partial charge in [0.15, 0.2) is 0 Å². The lowest BCUT2D eigenvalue weighted by Crippen LogP contribution is -2.45. The van der Waals surface area contributed by atoms with Crippen LogP contribution in [0.5, 0.6) is 0 Å². The molecule has 1 heterocycles. The van der Waals surface area contributed by atoms with E-state index in [2.05, 4.69) is 4.98 Å². The van der Waals surface area contributed by atoms with Crippen molar-refractivity contribution in [3.05, 3.63) is 10.9 Å². The summed E-state index contributed by atoms with van der Waals surface area (Å²) in [5, 5.41) is 10.7. The van der Waals surface area contributed by atoms with Crippen LogP contribution in [0.25, 0.3) is 0 Å². The molecule has 0 saturated heterocycles. The van der Waals surface area contributed by atoms with Gasteiger partial charge >= 0.3 is 6.09 Å². The van der Waals surface area contributed by atoms with Crippen LogP contribution in [0.15, 0.2) is 10.9 Å². The summed E-state index contributed by atoms with van der Waals surface area (Å²) in [6, 6.07) is 0. The van der Waals surface area contributed by atoms with Crippen LogP contribution >= 0.6 is 11.3 Å². The van der Waals surface area contributed by atoms with Gasteiger partial charge in [-0.25, -0.2) is 9.78 Å². The molecule has 1 aromatic rings. The highest BCUT2D eigenvalue weighted by Gasteiger charge is 2.28. The van der Waals surface area contributed by atoms with E-state index in [9.17, 15) is 4.79 Å². The number of hydrogen-bond donors (Lipinski definition) is 1. The number of aromatic nitrogens is 1. The van der Waals surface area contributed by atoms with Gasteiger partial charge in [0.1, 0.15) is 5.82 Å². The third-order valence-electron chi connectivity index (χ3n) is 1.51. The van der Waals surface area contributed by atoms with Gasteiger partial charge in [0.05, 0.1) is 5.51 Å². The minimum Gasteiger partial charge on any atom is -0.465 e. The lowest BCUT2D eigenvalue weighted by atomic mass is 10.1. The van der Waals surface area contributed by atoms with Gasteiger partial charge in [-0.15, -0.1) is 11.3 Å². The highest BCUT2D eigenvalue weighted by atomic mass is 32.1. The Kier molecular flexibility index (Phi) is 2.56. The first-order valence-electron chi connectivity index (χ1n) is 3.84. The minimum absolute atomic E-state index is 0.458. The van der Waals surface area contributed by atoms with Crippen molar-refractivity contribution in [2.75, 3.05) is 4.90 Å². The molecule has 0 atom stereocenters. The molecule has 0 fully saturated rings. The van der Waals surface area contributed by atoms with Crippen LogP contribution in [-0.2, 0) is 0 Å². The van der Waals surface area contributed by atoms with Gasteiger partial charge in [-0.05, 0) is 20.8 Å². The maximum absolute atomic E-state index is 10.9. The number of anilines is 1. The average molecular weight is 200 g/mol. The molecular formula is C8H12N2O2S. The Bertz CT molecular complexity index is 290. The van der Waals surface area contributed by atoms with Crippen molar-refractivity contribution in [3.63, 3.8) is 0 Å². The highest BCUT2D eigenvalue weighted by molar-refractivity contribution is 7.07. The predicted octanol–water partition coefficient (Wildman–Crippen LogP) is 2.43. The summed E-state index contributed by atoms with van der Waals surface area (Å²) in [6.07, 6.45) is -0.974. The molecule has 0 aliphatic rings. The molecule has 5 heteroatoms. The van der Waals surface area contributed by atoms with Crippen molar-refractivity contribution in [3.8, 4) is 0 Å². The Labute approximate surface area is 80.8 Å². The molecule has 0 radical (unpaired) electrons. The normalized spacial score (nSPS) is 11.3. The molecule has 13 heavy (non-hydrogen) atoms. The lowest BCUT2D eigenvalue weighted by Gasteiger charge is -2.30. The van der Waals surface area contributed by atoms with Gasteiger partial charge < -0.3 is 5.11 Å². The molecule has 0 saturated carbocycles. The van der Waals surface area contributed by atoms with Crippen LogP contribution in [0.1, 0.15) is 20.8 Å². The van der Waals surface area contributed by atoms with E-state index in [0.717, 1.165) is 0 Å². The van der Waals surface area contributed by atoms with Crippen molar-refractivity contribution in [1.29, 1.82) is 0 Å². The second-order valence-corrected chi connectivity index (χ2v) is 4.35. The molecule has 0 bridgehead atoms. The maximum Gasteiger partial charge on any atom is 0.413 e. The molecule has 1 aromatic heterocycles. The topological polar surface area (TPSA) is 53.4 Å². The highest BCUT2D eigenvalue weighted by Crippen LogP contribution is 2.23. The number of carbonyl (C=O) groups is 1. The first-order valence-corrected chi connectivity index (χ1v) is 4.78. The zero-order valence-corrected chi connectivity index (χ0v) is 8.63. The quantitative estimate of drug-likeness (QED) is 0.757. The fourth-order valence-corrected chi connectivity index (χ4v) is 1.56. The van der Waals surface area contributed by atoms with Gasteiger partial charge in [0, 0.05) is 10.9 Å². The number of carboxylic acid groups (broad SMARTS) is 1. The van der Waals surface area contributed by atoms with Crippen molar-refractivity contribution in [2.45, 2.75) is 26.3 Å². The van der Waals surface area contributed by atoms with E-state index in [-0.39, 0.29) is 0 Å². The SMILES string of the molecule is CC(C)(C)N(C(=O)O)c1cscn1. The summed E-state index contributed by atoms with van der Waals surface area (Å²) in [5.41, 5.74) is 1.16. The van der Waals surface area contributed by atoms with E-state index in [1.807, 2.05) is 20.8 Å². The number of hydrogen-bond acceptors (Lipinski definition) is 3. The largest absolute Gasteiger partial charge is 0.465 e. The van der Waals surface area contributed by atoms with Gasteiger partial charge in [-0.2, -0.15) is 0 Å². The molecule has 0 aliphatic carbocycles. The van der Waals surface area contributed by atoms with Crippen molar-refractivity contribution >= 4 is 23.2 Å². The van der Waals surface area contributed by atoms with Crippen molar-refractivity contribution in [2.24, 2.45) is 0 Å². The smallest absolute Gasteiger partial charge is 0.413 e. The van der Waals surface area contributed by atoms with Crippen LogP contribution in [0.3, 0.4) is 0 Å². The summed E-state index contributed by atoms with van der Waals surface area (Å²) in [6.45, 7) is 5.50. The monoisotopic (exact) mass is 200 g/mol. The van der Waals surface area contributed by atoms with E-state index in [1.165, 1.54) is 16.2 Å². The molecule has 1 amide bonds. The number of rotatable bonds is 1. The zero-order valence-electron chi connectivity index (χ0n) is 7.81. The molecule has 1 N–H and O–H groups in total. The molecule has 0 spiro atoms. The second-order valence-electron chi connectivity index (χ2n) is 3.64. The molecule has 0 unspecified atom stereocenters. The fourth-order valence-electron chi connectivity index (χ4n) is 1.05. The minimum atomic E-state index is -0.974. The Morgan fingerprint density at radius 2 is 2.23 bits per heavy atom. The third kappa shape index (κ3) is 2.18. The molecule has 4 nitrogen and oxygen atoms in total. The fraction of sp³-hybridized carbons (Fsp3) is 0.500. The van der Waals surface area contributed by atoms with E-state index >= 15 is 0 Å². The average Bonchev–Trinajstić information content (AvgIpc) is 2.34. The standard InChI is InChI=1S/C8H12N2O2S/c1-8(2,3)10(7(11)12)6-4-13-5-9-6/h4-5H,1-3H3,(H,11,12). The molecule has 72 valence electrons. The second kappa shape index (κ2) is 3.33. The number of thiazole rings is 1. The van der Waals surface area contributed by atoms with Gasteiger partial charge in [-0.3, -0.25) is 4.90 Å². The maximum atomic E-state index is 10.9. The summed E-state index contributed by atoms with van der Waals surface area (Å²) in [5.74, 6) is 0.491. The zero-order chi connectivity index (χ0) is 10.1. The van der Waals surface area contributed by atoms with Crippen molar-refractivity contribution in [1.82, 2.24) is 4.98 Å². The van der Waals surface area contributed by atoms with Gasteiger partial charge in [0.2, 0.25) is 0 Å². The van der Waals surface area contributed by atoms with Gasteiger partial charge in [0.25, 0.3) is 0 Å². The van der Waals surface area contributed by atoms with Crippen LogP contribution in [-0.4, -0.2) is 21.7 Å². The van der Waals surface area contributed by atoms with E-state index in [4.69, 9.17) is 5.11 Å². The van der Waals surface area contributed by atoms with E-state index in [0.29, 0.717) is 5.82 Å². The number of amides is 1. The Morgan fingerprint density at radius 1 is 1.62 bits per heavy atom. The Morgan fingerprint density at radius 3 is 2.54 bits per heavy atom. The molecule has 1 rings (SSSR count). The van der Waals surface area contributed by atoms with Crippen LogP contribution in [0.4, 0.5) is 10.6 Å². The lowest BCUT2D eigenvalue weighted by molar-refractivity contribution is 0.195. The summed E-state index contributed by atoms with van der Waals surface area (Å²) in [4.78, 5) is 16.2. The Balaban J connectivity index is 3.01. The third-order valence-corrected chi connectivity index (χ3v) is 2.08. The summed E-state index contributed by atoms with van der Waals surface area (Å²) < 4.78 is 0. The van der Waals surface area contributed by atoms with Crippen LogP contribution in [0.2, 0.25) is 0 Å².